The van der Waals surface area contributed by atoms with Crippen molar-refractivity contribution in [2.75, 3.05) is 12.4 Å². The van der Waals surface area contributed by atoms with Gasteiger partial charge in [-0.1, -0.05) is 27.7 Å². The molecule has 5 heteroatoms. The molecule has 1 rings (SSSR count). The van der Waals surface area contributed by atoms with Crippen molar-refractivity contribution in [1.29, 1.82) is 0 Å². The Labute approximate surface area is 120 Å². The van der Waals surface area contributed by atoms with Crippen molar-refractivity contribution in [2.24, 2.45) is 11.3 Å². The molecule has 2 N–H and O–H groups in total. The first-order valence-electron chi connectivity index (χ1n) is 6.66. The molecule has 1 aromatic rings. The Hall–Kier alpha value is -0.940. The molecule has 0 aromatic carbocycles. The summed E-state index contributed by atoms with van der Waals surface area (Å²) in [6, 6.07) is 0.204. The largest absolute Gasteiger partial charge is 0.312 e. The van der Waals surface area contributed by atoms with E-state index in [0.29, 0.717) is 17.5 Å². The summed E-state index contributed by atoms with van der Waals surface area (Å²) in [6.07, 6.45) is 0.528. The molecule has 0 spiro atoms. The number of carbonyl (C=O) groups excluding carboxylic acids is 1. The van der Waals surface area contributed by atoms with Crippen molar-refractivity contribution >= 4 is 22.4 Å². The van der Waals surface area contributed by atoms with Crippen LogP contribution in [0.2, 0.25) is 0 Å². The van der Waals surface area contributed by atoms with Crippen LogP contribution in [0.25, 0.3) is 0 Å². The number of amides is 1. The third-order valence-corrected chi connectivity index (χ3v) is 4.39. The Morgan fingerprint density at radius 1 is 1.42 bits per heavy atom. The molecular formula is C14H25N3OS. The van der Waals surface area contributed by atoms with Gasteiger partial charge in [0.1, 0.15) is 0 Å². The second kappa shape index (κ2) is 6.48. The van der Waals surface area contributed by atoms with E-state index < -0.39 is 0 Å². The fraction of sp³-hybridized carbons (Fsp3) is 0.714. The van der Waals surface area contributed by atoms with Gasteiger partial charge < -0.3 is 10.6 Å². The van der Waals surface area contributed by atoms with Gasteiger partial charge in [-0.2, -0.15) is 0 Å². The van der Waals surface area contributed by atoms with Crippen LogP contribution in [0, 0.1) is 11.3 Å². The van der Waals surface area contributed by atoms with Gasteiger partial charge in [-0.05, 0) is 25.3 Å². The van der Waals surface area contributed by atoms with Gasteiger partial charge in [0.2, 0.25) is 5.91 Å². The molecule has 1 heterocycles. The average Bonchev–Trinajstić information content (AvgIpc) is 2.74. The van der Waals surface area contributed by atoms with Crippen molar-refractivity contribution in [3.05, 3.63) is 11.1 Å². The highest BCUT2D eigenvalue weighted by molar-refractivity contribution is 7.13. The second-order valence-electron chi connectivity index (χ2n) is 6.11. The standard InChI is InChI=1S/C14H25N3OS/c1-9(14(3,4)5)7-12(18)17-13-16-11(8-19-13)10(2)15-6/h8-10,15H,7H2,1-6H3,(H,16,17,18). The molecule has 2 atom stereocenters. The van der Waals surface area contributed by atoms with E-state index in [2.05, 4.69) is 43.3 Å². The maximum absolute atomic E-state index is 12.0. The zero-order valence-corrected chi connectivity index (χ0v) is 13.5. The summed E-state index contributed by atoms with van der Waals surface area (Å²) in [5.74, 6) is 0.378. The van der Waals surface area contributed by atoms with E-state index in [0.717, 1.165) is 5.69 Å². The summed E-state index contributed by atoms with van der Waals surface area (Å²) in [6.45, 7) is 10.6. The predicted molar refractivity (Wildman–Crippen MR) is 81.5 cm³/mol. The van der Waals surface area contributed by atoms with Crippen LogP contribution >= 0.6 is 11.3 Å². The number of nitrogens with zero attached hydrogens (tertiary/aromatic N) is 1. The van der Waals surface area contributed by atoms with Crippen LogP contribution in [0.4, 0.5) is 5.13 Å². The van der Waals surface area contributed by atoms with Crippen molar-refractivity contribution in [1.82, 2.24) is 10.3 Å². The van der Waals surface area contributed by atoms with E-state index in [9.17, 15) is 4.79 Å². The Balaban J connectivity index is 2.56. The van der Waals surface area contributed by atoms with E-state index in [1.807, 2.05) is 19.4 Å². The number of hydrogen-bond donors (Lipinski definition) is 2. The zero-order valence-electron chi connectivity index (χ0n) is 12.7. The first kappa shape index (κ1) is 16.1. The van der Waals surface area contributed by atoms with Crippen molar-refractivity contribution < 1.29 is 4.79 Å². The van der Waals surface area contributed by atoms with E-state index in [4.69, 9.17) is 0 Å². The van der Waals surface area contributed by atoms with Crippen LogP contribution in [-0.4, -0.2) is 17.9 Å². The monoisotopic (exact) mass is 283 g/mol. The summed E-state index contributed by atoms with van der Waals surface area (Å²) in [5.41, 5.74) is 1.11. The van der Waals surface area contributed by atoms with E-state index in [1.165, 1.54) is 11.3 Å². The third-order valence-electron chi connectivity index (χ3n) is 3.61. The fourth-order valence-electron chi connectivity index (χ4n) is 1.44. The molecule has 108 valence electrons. The van der Waals surface area contributed by atoms with Crippen LogP contribution in [0.15, 0.2) is 5.38 Å². The second-order valence-corrected chi connectivity index (χ2v) is 6.97. The Kier molecular flexibility index (Phi) is 5.50. The number of anilines is 1. The molecule has 0 aliphatic carbocycles. The highest BCUT2D eigenvalue weighted by Crippen LogP contribution is 2.28. The molecule has 0 bridgehead atoms. The molecule has 1 aromatic heterocycles. The minimum absolute atomic E-state index is 0.0421. The number of rotatable bonds is 5. The van der Waals surface area contributed by atoms with Gasteiger partial charge in [-0.3, -0.25) is 4.79 Å². The van der Waals surface area contributed by atoms with E-state index in [-0.39, 0.29) is 17.4 Å². The highest BCUT2D eigenvalue weighted by atomic mass is 32.1. The van der Waals surface area contributed by atoms with E-state index >= 15 is 0 Å². The molecule has 0 saturated carbocycles. The first-order valence-corrected chi connectivity index (χ1v) is 7.54. The molecule has 0 aliphatic heterocycles. The normalized spacial score (nSPS) is 15.1. The Morgan fingerprint density at radius 3 is 2.58 bits per heavy atom. The van der Waals surface area contributed by atoms with Crippen molar-refractivity contribution in [3.8, 4) is 0 Å². The maximum Gasteiger partial charge on any atom is 0.226 e. The van der Waals surface area contributed by atoms with Crippen LogP contribution in [-0.2, 0) is 4.79 Å². The van der Waals surface area contributed by atoms with Gasteiger partial charge >= 0.3 is 0 Å². The molecular weight excluding hydrogens is 258 g/mol. The number of hydrogen-bond acceptors (Lipinski definition) is 4. The minimum Gasteiger partial charge on any atom is -0.312 e. The fourth-order valence-corrected chi connectivity index (χ4v) is 2.26. The van der Waals surface area contributed by atoms with Gasteiger partial charge in [-0.15, -0.1) is 11.3 Å². The Morgan fingerprint density at radius 2 is 2.05 bits per heavy atom. The molecule has 2 unspecified atom stereocenters. The van der Waals surface area contributed by atoms with Crippen LogP contribution < -0.4 is 10.6 Å². The van der Waals surface area contributed by atoms with Crippen LogP contribution in [0.3, 0.4) is 0 Å². The van der Waals surface area contributed by atoms with Crippen molar-refractivity contribution in [3.63, 3.8) is 0 Å². The van der Waals surface area contributed by atoms with Crippen LogP contribution in [0.1, 0.15) is 52.8 Å². The molecule has 0 radical (unpaired) electrons. The molecule has 0 aliphatic rings. The number of thiazole rings is 1. The molecule has 4 nitrogen and oxygen atoms in total. The zero-order chi connectivity index (χ0) is 14.6. The predicted octanol–water partition coefficient (Wildman–Crippen LogP) is 3.43. The summed E-state index contributed by atoms with van der Waals surface area (Å²) in [4.78, 5) is 16.4. The van der Waals surface area contributed by atoms with Gasteiger partial charge in [-0.25, -0.2) is 4.98 Å². The lowest BCUT2D eigenvalue weighted by molar-refractivity contribution is -0.117. The maximum atomic E-state index is 12.0. The number of carbonyl (C=O) groups is 1. The quantitative estimate of drug-likeness (QED) is 0.870. The summed E-state index contributed by atoms with van der Waals surface area (Å²) in [5, 5.41) is 8.68. The molecule has 19 heavy (non-hydrogen) atoms. The first-order chi connectivity index (χ1) is 8.74. The van der Waals surface area contributed by atoms with Gasteiger partial charge in [0, 0.05) is 17.8 Å². The SMILES string of the molecule is CNC(C)c1csc(NC(=O)CC(C)C(C)(C)C)n1. The summed E-state index contributed by atoms with van der Waals surface area (Å²) >= 11 is 1.47. The highest BCUT2D eigenvalue weighted by Gasteiger charge is 2.23. The number of nitrogens with one attached hydrogen (secondary N) is 2. The van der Waals surface area contributed by atoms with Gasteiger partial charge in [0.15, 0.2) is 5.13 Å². The summed E-state index contributed by atoms with van der Waals surface area (Å²) in [7, 11) is 1.90. The molecule has 0 fully saturated rings. The lowest BCUT2D eigenvalue weighted by Crippen LogP contribution is -2.24. The molecule has 1 amide bonds. The van der Waals surface area contributed by atoms with E-state index in [1.54, 1.807) is 0 Å². The minimum atomic E-state index is 0.0421. The lowest BCUT2D eigenvalue weighted by Gasteiger charge is -2.26. The average molecular weight is 283 g/mol. The third kappa shape index (κ3) is 4.91. The number of aromatic nitrogens is 1. The van der Waals surface area contributed by atoms with Crippen LogP contribution in [0.5, 0.6) is 0 Å². The van der Waals surface area contributed by atoms with Gasteiger partial charge in [0.25, 0.3) is 0 Å². The van der Waals surface area contributed by atoms with Crippen molar-refractivity contribution in [2.45, 2.75) is 47.1 Å². The van der Waals surface area contributed by atoms with Gasteiger partial charge in [0.05, 0.1) is 5.69 Å². The lowest BCUT2D eigenvalue weighted by atomic mass is 9.80. The smallest absolute Gasteiger partial charge is 0.226 e. The topological polar surface area (TPSA) is 54.0 Å². The molecule has 0 saturated heterocycles. The summed E-state index contributed by atoms with van der Waals surface area (Å²) < 4.78 is 0. The Bertz CT molecular complexity index is 423.